The molecule has 0 bridgehead atoms. The van der Waals surface area contributed by atoms with Gasteiger partial charge in [-0.15, -0.1) is 0 Å². The molecule has 1 aromatic carbocycles. The number of ether oxygens (including phenoxy) is 2. The third-order valence-corrected chi connectivity index (χ3v) is 13.6. The maximum atomic E-state index is 14.6. The number of hydrogen-bond donors (Lipinski definition) is 3. The molecule has 4 heterocycles. The molecule has 2 aliphatic heterocycles. The van der Waals surface area contributed by atoms with Gasteiger partial charge in [0.25, 0.3) is 5.91 Å². The molecule has 3 saturated carbocycles. The second-order valence-corrected chi connectivity index (χ2v) is 18.1. The smallest absolute Gasteiger partial charge is 0.408 e. The van der Waals surface area contributed by atoms with Crippen LogP contribution >= 0.6 is 0 Å². The summed E-state index contributed by atoms with van der Waals surface area (Å²) in [6.45, 7) is 2.08. The van der Waals surface area contributed by atoms with Gasteiger partial charge in [0.05, 0.1) is 17.3 Å². The number of aromatic nitrogens is 3. The van der Waals surface area contributed by atoms with Crippen LogP contribution in [0.4, 0.5) is 4.79 Å². The maximum absolute atomic E-state index is 14.6. The molecule has 56 heavy (non-hydrogen) atoms. The van der Waals surface area contributed by atoms with E-state index in [1.807, 2.05) is 42.5 Å². The highest BCUT2D eigenvalue weighted by Gasteiger charge is 2.62. The Bertz CT molecular complexity index is 2150. The van der Waals surface area contributed by atoms with E-state index < -0.39 is 68.7 Å². The van der Waals surface area contributed by atoms with E-state index >= 15 is 0 Å². The van der Waals surface area contributed by atoms with Crippen LogP contribution in [0.15, 0.2) is 42.5 Å². The Kier molecular flexibility index (Phi) is 10.7. The number of rotatable bonds is 9. The molecule has 0 spiro atoms. The number of fused-ring (bicyclic) bond motifs is 5. The summed E-state index contributed by atoms with van der Waals surface area (Å²) in [6.07, 6.45) is 11.9. The molecular formula is C40H51N7O8S. The molecule has 16 heteroatoms. The summed E-state index contributed by atoms with van der Waals surface area (Å²) in [5, 5.41) is 10.8. The highest BCUT2D eigenvalue weighted by molar-refractivity contribution is 7.91. The van der Waals surface area contributed by atoms with Gasteiger partial charge in [-0.3, -0.25) is 19.1 Å². The first-order chi connectivity index (χ1) is 27.0. The van der Waals surface area contributed by atoms with E-state index in [0.29, 0.717) is 50.1 Å². The normalized spacial score (nSPS) is 28.1. The zero-order valence-electron chi connectivity index (χ0n) is 31.8. The largest absolute Gasteiger partial charge is 0.472 e. The van der Waals surface area contributed by atoms with E-state index in [2.05, 4.69) is 22.3 Å². The summed E-state index contributed by atoms with van der Waals surface area (Å²) in [5.74, 6) is -1.83. The molecule has 5 aliphatic rings. The van der Waals surface area contributed by atoms with E-state index in [1.165, 1.54) is 4.90 Å². The lowest BCUT2D eigenvalue weighted by Gasteiger charge is -2.30. The van der Waals surface area contributed by atoms with Gasteiger partial charge in [0, 0.05) is 29.5 Å². The van der Waals surface area contributed by atoms with Crippen LogP contribution in [0.3, 0.4) is 0 Å². The minimum absolute atomic E-state index is 0.0130. The molecule has 4 fully saturated rings. The second-order valence-electron chi connectivity index (χ2n) is 16.1. The first kappa shape index (κ1) is 38.2. The number of nitrogens with one attached hydrogen (secondary N) is 3. The van der Waals surface area contributed by atoms with Crippen LogP contribution < -0.4 is 20.1 Å². The Morgan fingerprint density at radius 2 is 1.80 bits per heavy atom. The number of carbonyl (C=O) groups is 4. The van der Waals surface area contributed by atoms with Crippen LogP contribution in [0.2, 0.25) is 0 Å². The zero-order valence-corrected chi connectivity index (χ0v) is 32.6. The van der Waals surface area contributed by atoms with Gasteiger partial charge < -0.3 is 25.0 Å². The first-order valence-corrected chi connectivity index (χ1v) is 21.9. The molecule has 3 aromatic rings. The molecule has 0 radical (unpaired) electrons. The van der Waals surface area contributed by atoms with Gasteiger partial charge in [0.2, 0.25) is 27.7 Å². The fraction of sp³-hybridized carbons (Fsp3) is 0.600. The summed E-state index contributed by atoms with van der Waals surface area (Å²) in [7, 11) is -3.89. The lowest BCUT2D eigenvalue weighted by Crippen LogP contribution is -2.58. The monoisotopic (exact) mass is 789 g/mol. The Morgan fingerprint density at radius 3 is 2.59 bits per heavy atom. The Morgan fingerprint density at radius 1 is 1.02 bits per heavy atom. The summed E-state index contributed by atoms with van der Waals surface area (Å²) in [4.78, 5) is 62.4. The summed E-state index contributed by atoms with van der Waals surface area (Å²) >= 11 is 0. The molecule has 5 atom stereocenters. The molecule has 8 rings (SSSR count). The Hall–Kier alpha value is -4.73. The third-order valence-electron chi connectivity index (χ3n) is 11.8. The molecule has 15 nitrogen and oxygen atoms in total. The van der Waals surface area contributed by atoms with Crippen LogP contribution in [-0.4, -0.2) is 93.4 Å². The number of nitrogens with zero attached hydrogens (tertiary/aromatic N) is 4. The van der Waals surface area contributed by atoms with Crippen molar-refractivity contribution < 1.29 is 37.1 Å². The molecule has 300 valence electrons. The lowest BCUT2D eigenvalue weighted by atomic mass is 10.0. The van der Waals surface area contributed by atoms with Crippen molar-refractivity contribution in [3.8, 4) is 5.88 Å². The summed E-state index contributed by atoms with van der Waals surface area (Å²) in [6, 6.07) is 7.46. The van der Waals surface area contributed by atoms with Gasteiger partial charge in [-0.2, -0.15) is 9.61 Å². The van der Waals surface area contributed by atoms with Crippen LogP contribution in [-0.2, 0) is 35.6 Å². The number of allylic oxidation sites excluding steroid dienone is 1. The van der Waals surface area contributed by atoms with Crippen molar-refractivity contribution in [3.63, 3.8) is 0 Å². The highest BCUT2D eigenvalue weighted by Crippen LogP contribution is 2.46. The minimum Gasteiger partial charge on any atom is -0.472 e. The van der Waals surface area contributed by atoms with Gasteiger partial charge in [-0.25, -0.2) is 18.2 Å². The van der Waals surface area contributed by atoms with Crippen LogP contribution in [0.1, 0.15) is 103 Å². The van der Waals surface area contributed by atoms with E-state index in [1.54, 1.807) is 4.52 Å². The molecule has 3 N–H and O–H groups in total. The topological polar surface area (TPSA) is 190 Å². The van der Waals surface area contributed by atoms with Gasteiger partial charge in [0.1, 0.15) is 29.8 Å². The van der Waals surface area contributed by atoms with Crippen molar-refractivity contribution in [1.29, 1.82) is 0 Å². The molecule has 4 amide bonds. The van der Waals surface area contributed by atoms with Crippen LogP contribution in [0.25, 0.3) is 16.6 Å². The highest BCUT2D eigenvalue weighted by atomic mass is 32.2. The van der Waals surface area contributed by atoms with E-state index in [4.69, 9.17) is 19.6 Å². The molecule has 0 unspecified atom stereocenters. The molecule has 3 aliphatic carbocycles. The van der Waals surface area contributed by atoms with E-state index in [0.717, 1.165) is 61.5 Å². The number of alkyl carbamates (subject to hydrolysis) is 1. The predicted octanol–water partition coefficient (Wildman–Crippen LogP) is 4.22. The zero-order chi connectivity index (χ0) is 39.0. The average molecular weight is 790 g/mol. The molecule has 2 aromatic heterocycles. The predicted molar refractivity (Wildman–Crippen MR) is 206 cm³/mol. The fourth-order valence-corrected chi connectivity index (χ4v) is 9.84. The fourth-order valence-electron chi connectivity index (χ4n) is 8.47. The van der Waals surface area contributed by atoms with E-state index in [-0.39, 0.29) is 25.5 Å². The quantitative estimate of drug-likeness (QED) is 0.265. The molecule has 1 saturated heterocycles. The number of carbonyl (C=O) groups excluding carboxylic acids is 4. The summed E-state index contributed by atoms with van der Waals surface area (Å²) < 4.78 is 42.0. The third kappa shape index (κ3) is 7.94. The second kappa shape index (κ2) is 15.7. The minimum atomic E-state index is -3.89. The standard InChI is InChI=1S/C40H51N7O8S/c1-2-12-26-21-34(47-35(41-26)30-16-10-11-17-31(30)44-47)54-28-22-33-36(48)43-40(38(50)45-56(52,53)29-19-20-29)23-25(40)13-6-4-3-5-7-18-32(37(49)46(33)24-28)42-39(51)55-27-14-8-9-15-27/h6,10-11,13,16-17,21,25,27-29,32-33H,2-5,7-9,12,14-15,18-20,22-24H2,1H3,(H,42,51)(H,43,48)(H,45,50)/b13-6-/t25-,28+,32-,33-,40+/m0/s1. The van der Waals surface area contributed by atoms with Gasteiger partial charge >= 0.3 is 6.09 Å². The van der Waals surface area contributed by atoms with Crippen molar-refractivity contribution in [3.05, 3.63) is 48.2 Å². The average Bonchev–Trinajstić information content (AvgIpc) is 3.98. The summed E-state index contributed by atoms with van der Waals surface area (Å²) in [5.41, 5.74) is 0.698. The van der Waals surface area contributed by atoms with Crippen molar-refractivity contribution >= 4 is 50.4 Å². The maximum Gasteiger partial charge on any atom is 0.408 e. The molecular weight excluding hydrogens is 739 g/mol. The Balaban J connectivity index is 1.11. The number of benzene rings is 1. The van der Waals surface area contributed by atoms with Crippen molar-refractivity contribution in [2.45, 2.75) is 138 Å². The number of amides is 4. The van der Waals surface area contributed by atoms with Crippen molar-refractivity contribution in [2.75, 3.05) is 6.54 Å². The van der Waals surface area contributed by atoms with Crippen molar-refractivity contribution in [2.24, 2.45) is 5.92 Å². The Labute approximate surface area is 326 Å². The number of hydrogen-bond acceptors (Lipinski definition) is 10. The van der Waals surface area contributed by atoms with Gasteiger partial charge in [0.15, 0.2) is 5.65 Å². The van der Waals surface area contributed by atoms with Crippen LogP contribution in [0.5, 0.6) is 5.88 Å². The van der Waals surface area contributed by atoms with E-state index in [9.17, 15) is 27.6 Å². The van der Waals surface area contributed by atoms with Crippen LogP contribution in [0, 0.1) is 5.92 Å². The lowest BCUT2D eigenvalue weighted by molar-refractivity contribution is -0.141. The first-order valence-electron chi connectivity index (χ1n) is 20.3. The number of aryl methyl sites for hydroxylation is 1. The van der Waals surface area contributed by atoms with Crippen molar-refractivity contribution in [1.82, 2.24) is 34.9 Å². The SMILES string of the molecule is CCCc1cc(O[C@@H]2C[C@H]3C(=O)N[C@]4(C(=O)NS(=O)(=O)C5CC5)C[C@@H]4/C=C\CCCCC[C@H](NC(=O)OC4CCCC4)C(=O)N3C2)n2nc3ccccc3c2n1. The van der Waals surface area contributed by atoms with Gasteiger partial charge in [-0.1, -0.05) is 50.5 Å². The van der Waals surface area contributed by atoms with Gasteiger partial charge in [-0.05, 0) is 82.8 Å². The number of sulfonamides is 1.